The van der Waals surface area contributed by atoms with Gasteiger partial charge in [0.15, 0.2) is 0 Å². The zero-order valence-electron chi connectivity index (χ0n) is 10.6. The summed E-state index contributed by atoms with van der Waals surface area (Å²) in [5, 5.41) is 18.9. The maximum atomic E-state index is 10.3. The van der Waals surface area contributed by atoms with Crippen molar-refractivity contribution < 1.29 is 9.84 Å². The van der Waals surface area contributed by atoms with Crippen LogP contribution in [-0.4, -0.2) is 33.3 Å². The molecule has 0 aliphatic carbocycles. The number of ether oxygens (including phenoxy) is 1. The lowest BCUT2D eigenvalue weighted by molar-refractivity contribution is -0.0117. The highest BCUT2D eigenvalue weighted by Gasteiger charge is 2.26. The summed E-state index contributed by atoms with van der Waals surface area (Å²) < 4.78 is 5.40. The Kier molecular flexibility index (Phi) is 3.57. The van der Waals surface area contributed by atoms with Crippen molar-refractivity contribution in [1.82, 2.24) is 15.0 Å². The maximum absolute atomic E-state index is 10.3. The minimum absolute atomic E-state index is 0.120. The molecule has 3 rings (SSSR count). The summed E-state index contributed by atoms with van der Waals surface area (Å²) in [7, 11) is 0. The zero-order chi connectivity index (χ0) is 13.1. The van der Waals surface area contributed by atoms with E-state index in [4.69, 9.17) is 4.74 Å². The lowest BCUT2D eigenvalue weighted by Crippen LogP contribution is -2.24. The lowest BCUT2D eigenvalue weighted by atomic mass is 9.94. The molecule has 0 radical (unpaired) electrons. The number of aliphatic hydroxyl groups excluding tert-OH is 1. The number of benzene rings is 1. The van der Waals surface area contributed by atoms with Crippen LogP contribution in [0.15, 0.2) is 36.5 Å². The van der Waals surface area contributed by atoms with Crippen LogP contribution in [0.3, 0.4) is 0 Å². The largest absolute Gasteiger partial charge is 0.386 e. The van der Waals surface area contributed by atoms with Crippen molar-refractivity contribution in [3.8, 4) is 5.69 Å². The van der Waals surface area contributed by atoms with Gasteiger partial charge in [-0.1, -0.05) is 18.2 Å². The summed E-state index contributed by atoms with van der Waals surface area (Å²) >= 11 is 0. The topological polar surface area (TPSA) is 60.2 Å². The van der Waals surface area contributed by atoms with Crippen LogP contribution in [0.1, 0.15) is 24.6 Å². The first-order valence-corrected chi connectivity index (χ1v) is 6.58. The monoisotopic (exact) mass is 259 g/mol. The summed E-state index contributed by atoms with van der Waals surface area (Å²) in [6.45, 7) is 1.39. The molecule has 0 bridgehead atoms. The van der Waals surface area contributed by atoms with Crippen molar-refractivity contribution >= 4 is 0 Å². The molecule has 0 saturated carbocycles. The number of rotatable bonds is 3. The van der Waals surface area contributed by atoms with E-state index in [2.05, 4.69) is 10.2 Å². The number of hydrogen-bond donors (Lipinski definition) is 1. The molecule has 1 aliphatic heterocycles. The number of aromatic nitrogens is 3. The third kappa shape index (κ3) is 2.67. The van der Waals surface area contributed by atoms with Crippen LogP contribution in [0.25, 0.3) is 5.69 Å². The molecule has 1 fully saturated rings. The van der Waals surface area contributed by atoms with E-state index in [1.807, 2.05) is 30.3 Å². The van der Waals surface area contributed by atoms with Crippen LogP contribution in [0.4, 0.5) is 0 Å². The quantitative estimate of drug-likeness (QED) is 0.912. The van der Waals surface area contributed by atoms with Gasteiger partial charge in [0, 0.05) is 12.5 Å². The summed E-state index contributed by atoms with van der Waals surface area (Å²) in [6.07, 6.45) is 3.00. The van der Waals surface area contributed by atoms with Gasteiger partial charge in [0.25, 0.3) is 0 Å². The molecule has 1 aromatic carbocycles. The molecule has 5 heteroatoms. The molecule has 2 aromatic rings. The van der Waals surface area contributed by atoms with E-state index >= 15 is 0 Å². The Balaban J connectivity index is 1.77. The van der Waals surface area contributed by atoms with Crippen LogP contribution >= 0.6 is 0 Å². The van der Waals surface area contributed by atoms with E-state index < -0.39 is 6.10 Å². The van der Waals surface area contributed by atoms with E-state index in [0.29, 0.717) is 12.3 Å². The summed E-state index contributed by atoms with van der Waals surface area (Å²) in [4.78, 5) is 1.54. The fourth-order valence-electron chi connectivity index (χ4n) is 2.35. The second-order valence-corrected chi connectivity index (χ2v) is 4.82. The first-order chi connectivity index (χ1) is 9.34. The Morgan fingerprint density at radius 2 is 2.16 bits per heavy atom. The molecule has 2 unspecified atom stereocenters. The Bertz CT molecular complexity index is 520. The predicted molar refractivity (Wildman–Crippen MR) is 69.9 cm³/mol. The second-order valence-electron chi connectivity index (χ2n) is 4.82. The molecule has 2 heterocycles. The molecule has 1 N–H and O–H groups in total. The molecule has 1 aliphatic rings. The van der Waals surface area contributed by atoms with Gasteiger partial charge in [0.05, 0.1) is 18.5 Å². The Morgan fingerprint density at radius 1 is 1.32 bits per heavy atom. The molecule has 1 saturated heterocycles. The lowest BCUT2D eigenvalue weighted by Gasteiger charge is -2.25. The van der Waals surface area contributed by atoms with Crippen molar-refractivity contribution in [1.29, 1.82) is 0 Å². The molecule has 0 spiro atoms. The average Bonchev–Trinajstić information content (AvgIpc) is 2.98. The minimum atomic E-state index is -0.599. The highest BCUT2D eigenvalue weighted by Crippen LogP contribution is 2.27. The zero-order valence-corrected chi connectivity index (χ0v) is 10.6. The van der Waals surface area contributed by atoms with E-state index in [-0.39, 0.29) is 5.92 Å². The fourth-order valence-corrected chi connectivity index (χ4v) is 2.35. The van der Waals surface area contributed by atoms with Crippen LogP contribution < -0.4 is 0 Å². The SMILES string of the molecule is OC(c1cnn(-c2ccccc2)n1)C1CCCOC1. The molecular formula is C14H17N3O2. The van der Waals surface area contributed by atoms with Crippen molar-refractivity contribution in [2.24, 2.45) is 5.92 Å². The van der Waals surface area contributed by atoms with Crippen LogP contribution in [0, 0.1) is 5.92 Å². The van der Waals surface area contributed by atoms with Gasteiger partial charge < -0.3 is 9.84 Å². The summed E-state index contributed by atoms with van der Waals surface area (Å²) in [6, 6.07) is 9.68. The first kappa shape index (κ1) is 12.3. The standard InChI is InChI=1S/C14H17N3O2/c18-14(11-5-4-8-19-10-11)13-9-15-17(16-13)12-6-2-1-3-7-12/h1-3,6-7,9,11,14,18H,4-5,8,10H2. The van der Waals surface area contributed by atoms with E-state index in [0.717, 1.165) is 25.1 Å². The third-order valence-corrected chi connectivity index (χ3v) is 3.44. The molecule has 100 valence electrons. The number of hydrogen-bond acceptors (Lipinski definition) is 4. The molecular weight excluding hydrogens is 242 g/mol. The van der Waals surface area contributed by atoms with Gasteiger partial charge in [-0.25, -0.2) is 0 Å². The predicted octanol–water partition coefficient (Wildman–Crippen LogP) is 1.73. The van der Waals surface area contributed by atoms with Gasteiger partial charge in [-0.2, -0.15) is 15.0 Å². The van der Waals surface area contributed by atoms with E-state index in [9.17, 15) is 5.11 Å². The van der Waals surface area contributed by atoms with Crippen molar-refractivity contribution in [3.63, 3.8) is 0 Å². The highest BCUT2D eigenvalue weighted by atomic mass is 16.5. The first-order valence-electron chi connectivity index (χ1n) is 6.58. The normalized spacial score (nSPS) is 21.2. The van der Waals surface area contributed by atoms with E-state index in [1.54, 1.807) is 11.0 Å². The maximum Gasteiger partial charge on any atom is 0.112 e. The Morgan fingerprint density at radius 3 is 2.89 bits per heavy atom. The molecule has 0 amide bonds. The second kappa shape index (κ2) is 5.50. The van der Waals surface area contributed by atoms with Crippen LogP contribution in [0.2, 0.25) is 0 Å². The van der Waals surface area contributed by atoms with Gasteiger partial charge in [-0.15, -0.1) is 0 Å². The van der Waals surface area contributed by atoms with Crippen molar-refractivity contribution in [3.05, 3.63) is 42.2 Å². The van der Waals surface area contributed by atoms with Gasteiger partial charge in [-0.05, 0) is 25.0 Å². The highest BCUT2D eigenvalue weighted by molar-refractivity contribution is 5.28. The Labute approximate surface area is 111 Å². The van der Waals surface area contributed by atoms with Gasteiger partial charge in [0.2, 0.25) is 0 Å². The van der Waals surface area contributed by atoms with Gasteiger partial charge in [0.1, 0.15) is 11.8 Å². The summed E-state index contributed by atoms with van der Waals surface area (Å²) in [5.41, 5.74) is 1.50. The van der Waals surface area contributed by atoms with Crippen molar-refractivity contribution in [2.45, 2.75) is 18.9 Å². The van der Waals surface area contributed by atoms with Crippen molar-refractivity contribution in [2.75, 3.05) is 13.2 Å². The molecule has 2 atom stereocenters. The molecule has 19 heavy (non-hydrogen) atoms. The van der Waals surface area contributed by atoms with E-state index in [1.165, 1.54) is 0 Å². The average molecular weight is 259 g/mol. The van der Waals surface area contributed by atoms with Gasteiger partial charge >= 0.3 is 0 Å². The molecule has 5 nitrogen and oxygen atoms in total. The smallest absolute Gasteiger partial charge is 0.112 e. The van der Waals surface area contributed by atoms with Gasteiger partial charge in [-0.3, -0.25) is 0 Å². The summed E-state index contributed by atoms with van der Waals surface area (Å²) in [5.74, 6) is 0.120. The number of para-hydroxylation sites is 1. The van der Waals surface area contributed by atoms with Crippen LogP contribution in [-0.2, 0) is 4.74 Å². The number of aliphatic hydroxyl groups is 1. The number of nitrogens with zero attached hydrogens (tertiary/aromatic N) is 3. The third-order valence-electron chi connectivity index (χ3n) is 3.44. The minimum Gasteiger partial charge on any atom is -0.386 e. The molecule has 1 aromatic heterocycles. The van der Waals surface area contributed by atoms with Crippen LogP contribution in [0.5, 0.6) is 0 Å². The fraction of sp³-hybridized carbons (Fsp3) is 0.429. The Hall–Kier alpha value is -1.72.